The second kappa shape index (κ2) is 6.35. The van der Waals surface area contributed by atoms with Crippen molar-refractivity contribution in [2.24, 2.45) is 0 Å². The average Bonchev–Trinajstić information content (AvgIpc) is 2.56. The summed E-state index contributed by atoms with van der Waals surface area (Å²) >= 11 is 0. The van der Waals surface area contributed by atoms with Crippen LogP contribution in [0.2, 0.25) is 0 Å². The van der Waals surface area contributed by atoms with E-state index in [1.807, 2.05) is 38.1 Å². The van der Waals surface area contributed by atoms with Crippen LogP contribution in [0.4, 0.5) is 0 Å². The van der Waals surface area contributed by atoms with Crippen LogP contribution in [0.5, 0.6) is 5.75 Å². The van der Waals surface area contributed by atoms with E-state index >= 15 is 0 Å². The molecule has 2 rings (SSSR count). The fourth-order valence-electron chi connectivity index (χ4n) is 2.89. The molecule has 0 spiro atoms. The topological polar surface area (TPSA) is 52.9 Å². The number of para-hydroxylation sites is 1. The van der Waals surface area contributed by atoms with Crippen LogP contribution < -0.4 is 15.3 Å². The SMILES string of the molecule is CCN(CC)P(O)(O)(c1ccccc1)c1ccccc1OC. The second-order valence-electron chi connectivity index (χ2n) is 5.13. The zero-order valence-corrected chi connectivity index (χ0v) is 14.2. The first-order valence-corrected chi connectivity index (χ1v) is 9.54. The molecule has 0 heterocycles. The summed E-state index contributed by atoms with van der Waals surface area (Å²) in [6.07, 6.45) is 0. The van der Waals surface area contributed by atoms with E-state index in [1.54, 1.807) is 42.1 Å². The maximum absolute atomic E-state index is 11.7. The Morgan fingerprint density at radius 2 is 1.45 bits per heavy atom. The van der Waals surface area contributed by atoms with Crippen molar-refractivity contribution in [3.05, 3.63) is 54.6 Å². The predicted octanol–water partition coefficient (Wildman–Crippen LogP) is 2.27. The van der Waals surface area contributed by atoms with Crippen molar-refractivity contribution in [3.8, 4) is 5.75 Å². The van der Waals surface area contributed by atoms with Crippen molar-refractivity contribution in [2.45, 2.75) is 13.8 Å². The predicted molar refractivity (Wildman–Crippen MR) is 93.0 cm³/mol. The third kappa shape index (κ3) is 2.53. The summed E-state index contributed by atoms with van der Waals surface area (Å²) < 4.78 is 7.14. The molecule has 0 aliphatic carbocycles. The van der Waals surface area contributed by atoms with Crippen LogP contribution in [0.15, 0.2) is 54.6 Å². The molecule has 2 aromatic rings. The van der Waals surface area contributed by atoms with Crippen LogP contribution >= 0.6 is 7.21 Å². The Hall–Kier alpha value is -1.45. The normalized spacial score (nSPS) is 13.6. The van der Waals surface area contributed by atoms with Crippen LogP contribution in [-0.2, 0) is 0 Å². The number of ether oxygens (including phenoxy) is 1. The number of nitrogens with zero attached hydrogens (tertiary/aromatic N) is 1. The fourth-order valence-corrected chi connectivity index (χ4v) is 6.52. The van der Waals surface area contributed by atoms with E-state index in [0.29, 0.717) is 29.4 Å². The van der Waals surface area contributed by atoms with Crippen LogP contribution in [0.1, 0.15) is 13.8 Å². The van der Waals surface area contributed by atoms with Gasteiger partial charge in [-0.3, -0.25) is 0 Å². The van der Waals surface area contributed by atoms with Gasteiger partial charge < -0.3 is 0 Å². The van der Waals surface area contributed by atoms with E-state index in [4.69, 9.17) is 4.74 Å². The first-order valence-electron chi connectivity index (χ1n) is 7.44. The zero-order valence-electron chi connectivity index (χ0n) is 13.3. The monoisotopic (exact) mass is 321 g/mol. The molecule has 0 atom stereocenters. The number of methoxy groups -OCH3 is 1. The molecule has 4 nitrogen and oxygen atoms in total. The molecule has 0 aromatic heterocycles. The van der Waals surface area contributed by atoms with Gasteiger partial charge in [-0.25, -0.2) is 0 Å². The van der Waals surface area contributed by atoms with Crippen molar-refractivity contribution < 1.29 is 14.5 Å². The molecule has 22 heavy (non-hydrogen) atoms. The van der Waals surface area contributed by atoms with E-state index in [0.717, 1.165) is 0 Å². The number of rotatable bonds is 6. The molecule has 0 bridgehead atoms. The molecule has 0 aliphatic rings. The summed E-state index contributed by atoms with van der Waals surface area (Å²) in [5.74, 6) is 0.487. The van der Waals surface area contributed by atoms with Crippen LogP contribution in [0.25, 0.3) is 0 Å². The molecule has 0 unspecified atom stereocenters. The van der Waals surface area contributed by atoms with Crippen molar-refractivity contribution in [3.63, 3.8) is 0 Å². The first kappa shape index (κ1) is 16.9. The fraction of sp³-hybridized carbons (Fsp3) is 0.294. The summed E-state index contributed by atoms with van der Waals surface area (Å²) in [6.45, 7) is 4.90. The maximum atomic E-state index is 11.7. The molecular weight excluding hydrogens is 297 g/mol. The van der Waals surface area contributed by atoms with Crippen LogP contribution in [0, 0.1) is 0 Å². The summed E-state index contributed by atoms with van der Waals surface area (Å²) in [5, 5.41) is 0.951. The Balaban J connectivity index is 2.82. The molecule has 0 fully saturated rings. The molecular formula is C17H24NO3P. The molecule has 0 aliphatic heterocycles. The Labute approximate surface area is 132 Å². The molecule has 120 valence electrons. The van der Waals surface area contributed by atoms with Crippen LogP contribution in [-0.4, -0.2) is 34.7 Å². The summed E-state index contributed by atoms with van der Waals surface area (Å²) in [5.41, 5.74) is 0. The minimum absolute atomic E-state index is 0.436. The molecule has 2 aromatic carbocycles. The molecule has 0 radical (unpaired) electrons. The Bertz CT molecular complexity index is 627. The van der Waals surface area contributed by atoms with Gasteiger partial charge in [0.15, 0.2) is 0 Å². The van der Waals surface area contributed by atoms with E-state index in [2.05, 4.69) is 0 Å². The van der Waals surface area contributed by atoms with E-state index in [-0.39, 0.29) is 0 Å². The number of benzene rings is 2. The molecule has 0 saturated carbocycles. The van der Waals surface area contributed by atoms with E-state index in [1.165, 1.54) is 0 Å². The van der Waals surface area contributed by atoms with Gasteiger partial charge in [0, 0.05) is 0 Å². The van der Waals surface area contributed by atoms with Gasteiger partial charge in [-0.1, -0.05) is 0 Å². The van der Waals surface area contributed by atoms with Crippen molar-refractivity contribution in [1.29, 1.82) is 0 Å². The van der Waals surface area contributed by atoms with Crippen molar-refractivity contribution >= 4 is 17.8 Å². The Kier molecular flexibility index (Phi) is 4.88. The van der Waals surface area contributed by atoms with Gasteiger partial charge in [-0.05, 0) is 0 Å². The van der Waals surface area contributed by atoms with Crippen molar-refractivity contribution in [1.82, 2.24) is 4.67 Å². The summed E-state index contributed by atoms with van der Waals surface area (Å²) in [6, 6.07) is 16.2. The van der Waals surface area contributed by atoms with Gasteiger partial charge >= 0.3 is 131 Å². The standard InChI is InChI=1S/C17H24NO3P/c1-4-18(5-2)22(19,20,15-11-7-6-8-12-15)17-14-10-9-13-16(17)21-3/h6-14,19-20H,4-5H2,1-3H3. The average molecular weight is 321 g/mol. The molecule has 0 saturated heterocycles. The van der Waals surface area contributed by atoms with Gasteiger partial charge in [0.05, 0.1) is 0 Å². The Morgan fingerprint density at radius 3 is 2.00 bits per heavy atom. The third-order valence-electron chi connectivity index (χ3n) is 4.03. The van der Waals surface area contributed by atoms with Gasteiger partial charge in [-0.15, -0.1) is 0 Å². The molecule has 0 amide bonds. The molecule has 2 N–H and O–H groups in total. The number of hydrogen-bond donors (Lipinski definition) is 2. The van der Waals surface area contributed by atoms with Gasteiger partial charge in [0.1, 0.15) is 0 Å². The zero-order chi connectivity index (χ0) is 16.2. The van der Waals surface area contributed by atoms with Gasteiger partial charge in [0.25, 0.3) is 0 Å². The van der Waals surface area contributed by atoms with Gasteiger partial charge in [-0.2, -0.15) is 0 Å². The van der Waals surface area contributed by atoms with E-state index in [9.17, 15) is 9.79 Å². The quantitative estimate of drug-likeness (QED) is 0.802. The van der Waals surface area contributed by atoms with Crippen molar-refractivity contribution in [2.75, 3.05) is 20.2 Å². The summed E-state index contributed by atoms with van der Waals surface area (Å²) in [4.78, 5) is 23.4. The van der Waals surface area contributed by atoms with Gasteiger partial charge in [0.2, 0.25) is 0 Å². The third-order valence-corrected chi connectivity index (χ3v) is 8.17. The number of hydrogen-bond acceptors (Lipinski definition) is 4. The summed E-state index contributed by atoms with van der Waals surface area (Å²) in [7, 11) is -2.94. The Morgan fingerprint density at radius 1 is 0.909 bits per heavy atom. The first-order chi connectivity index (χ1) is 10.5. The van der Waals surface area contributed by atoms with Crippen LogP contribution in [0.3, 0.4) is 0 Å². The molecule has 5 heteroatoms. The minimum atomic E-state index is -4.49. The van der Waals surface area contributed by atoms with E-state index < -0.39 is 7.21 Å². The second-order valence-corrected chi connectivity index (χ2v) is 8.65.